The maximum atomic E-state index is 5.32. The molecule has 62 heavy (non-hydrogen) atoms. The van der Waals surface area contributed by atoms with E-state index in [9.17, 15) is 0 Å². The van der Waals surface area contributed by atoms with E-state index in [2.05, 4.69) is 117 Å². The second-order valence-electron chi connectivity index (χ2n) is 14.5. The fourth-order valence-electron chi connectivity index (χ4n) is 6.95. The Morgan fingerprint density at radius 1 is 0.242 bits per heavy atom. The molecule has 0 saturated heterocycles. The standard InChI is InChI=1S/C56H40N6/c1-5-13-45(14-6-1)53-37-41(29-33-57-53)21-25-49-50(26-22-42-30-34-58-54(38-42)46-15-7-2-8-16-46)62-52(28-24-44-32-36-60-56(40-44)48-19-11-4-12-20-48)51(61-49)27-23-43-31-35-59-55(39-43)47-17-9-3-10-18-47/h1-40H. The molecule has 0 spiro atoms. The van der Waals surface area contributed by atoms with E-state index in [4.69, 9.17) is 9.97 Å². The molecule has 0 bridgehead atoms. The maximum Gasteiger partial charge on any atom is 0.0894 e. The first kappa shape index (κ1) is 39.0. The predicted octanol–water partition coefficient (Wildman–Crippen LogP) is 13.4. The van der Waals surface area contributed by atoms with E-state index >= 15 is 0 Å². The highest BCUT2D eigenvalue weighted by atomic mass is 14.8. The zero-order valence-corrected chi connectivity index (χ0v) is 33.8. The van der Waals surface area contributed by atoms with Crippen LogP contribution in [-0.2, 0) is 0 Å². The van der Waals surface area contributed by atoms with Gasteiger partial charge in [0.25, 0.3) is 0 Å². The van der Waals surface area contributed by atoms with Crippen LogP contribution in [0.4, 0.5) is 0 Å². The number of nitrogens with zero attached hydrogens (tertiary/aromatic N) is 6. The fourth-order valence-corrected chi connectivity index (χ4v) is 6.95. The minimum atomic E-state index is 0.712. The molecule has 9 aromatic rings. The van der Waals surface area contributed by atoms with Crippen molar-refractivity contribution in [1.29, 1.82) is 0 Å². The lowest BCUT2D eigenvalue weighted by Crippen LogP contribution is -2.00. The van der Waals surface area contributed by atoms with Crippen molar-refractivity contribution in [3.63, 3.8) is 0 Å². The minimum absolute atomic E-state index is 0.712. The van der Waals surface area contributed by atoms with Crippen LogP contribution in [0.3, 0.4) is 0 Å². The third kappa shape index (κ3) is 9.85. The monoisotopic (exact) mass is 796 g/mol. The summed E-state index contributed by atoms with van der Waals surface area (Å²) in [5.74, 6) is 0. The van der Waals surface area contributed by atoms with Crippen LogP contribution in [0, 0.1) is 0 Å². The van der Waals surface area contributed by atoms with Gasteiger partial charge >= 0.3 is 0 Å². The van der Waals surface area contributed by atoms with E-state index in [-0.39, 0.29) is 0 Å². The van der Waals surface area contributed by atoms with Crippen LogP contribution in [0.25, 0.3) is 93.6 Å². The van der Waals surface area contributed by atoms with E-state index < -0.39 is 0 Å². The second kappa shape index (κ2) is 19.1. The Morgan fingerprint density at radius 2 is 0.468 bits per heavy atom. The van der Waals surface area contributed by atoms with Crippen LogP contribution in [0.15, 0.2) is 195 Å². The number of pyridine rings is 4. The molecule has 294 valence electrons. The molecular weight excluding hydrogens is 757 g/mol. The number of rotatable bonds is 12. The van der Waals surface area contributed by atoms with Crippen LogP contribution in [0.1, 0.15) is 45.0 Å². The number of aromatic nitrogens is 6. The van der Waals surface area contributed by atoms with E-state index in [0.29, 0.717) is 22.8 Å². The van der Waals surface area contributed by atoms with Crippen molar-refractivity contribution in [3.8, 4) is 45.0 Å². The summed E-state index contributed by atoms with van der Waals surface area (Å²) < 4.78 is 0. The highest BCUT2D eigenvalue weighted by molar-refractivity contribution is 5.83. The molecule has 0 radical (unpaired) electrons. The molecule has 5 heterocycles. The Bertz CT molecular complexity index is 2640. The summed E-state index contributed by atoms with van der Waals surface area (Å²) in [6, 6.07) is 57.1. The van der Waals surface area contributed by atoms with Crippen molar-refractivity contribution in [1.82, 2.24) is 29.9 Å². The average molecular weight is 797 g/mol. The van der Waals surface area contributed by atoms with Crippen molar-refractivity contribution in [2.45, 2.75) is 0 Å². The first-order valence-electron chi connectivity index (χ1n) is 20.4. The Kier molecular flexibility index (Phi) is 12.0. The van der Waals surface area contributed by atoms with Gasteiger partial charge in [-0.3, -0.25) is 19.9 Å². The third-order valence-corrected chi connectivity index (χ3v) is 10.2. The second-order valence-corrected chi connectivity index (χ2v) is 14.5. The van der Waals surface area contributed by atoms with Gasteiger partial charge in [-0.25, -0.2) is 9.97 Å². The minimum Gasteiger partial charge on any atom is -0.256 e. The molecule has 4 aromatic carbocycles. The normalized spacial score (nSPS) is 11.6. The quantitative estimate of drug-likeness (QED) is 0.123. The summed E-state index contributed by atoms with van der Waals surface area (Å²) in [7, 11) is 0. The molecule has 0 amide bonds. The molecule has 0 aliphatic carbocycles. The van der Waals surface area contributed by atoms with Gasteiger partial charge in [-0.1, -0.05) is 146 Å². The molecular formula is C56H40N6. The van der Waals surface area contributed by atoms with Gasteiger partial charge in [0, 0.05) is 47.0 Å². The van der Waals surface area contributed by atoms with E-state index in [1.807, 2.05) is 146 Å². The summed E-state index contributed by atoms with van der Waals surface area (Å²) >= 11 is 0. The molecule has 0 unspecified atom stereocenters. The first-order chi connectivity index (χ1) is 30.7. The highest BCUT2D eigenvalue weighted by Crippen LogP contribution is 2.25. The SMILES string of the molecule is C(=Cc1nc(C=Cc2ccnc(-c3ccccc3)c2)c(C=Cc2ccnc(-c3ccccc3)c2)nc1C=Cc1ccnc(-c2ccccc2)c1)c1ccnc(-c2ccccc2)c1. The van der Waals surface area contributed by atoms with Gasteiger partial charge in [0.2, 0.25) is 0 Å². The van der Waals surface area contributed by atoms with Gasteiger partial charge in [0.05, 0.1) is 45.6 Å². The third-order valence-electron chi connectivity index (χ3n) is 10.2. The van der Waals surface area contributed by atoms with Gasteiger partial charge in [0.15, 0.2) is 0 Å². The molecule has 5 aromatic heterocycles. The van der Waals surface area contributed by atoms with Crippen molar-refractivity contribution < 1.29 is 0 Å². The van der Waals surface area contributed by atoms with Crippen LogP contribution in [0.5, 0.6) is 0 Å². The zero-order chi connectivity index (χ0) is 41.8. The van der Waals surface area contributed by atoms with Crippen molar-refractivity contribution in [2.75, 3.05) is 0 Å². The Balaban J connectivity index is 1.15. The number of hydrogen-bond donors (Lipinski definition) is 0. The number of benzene rings is 4. The lowest BCUT2D eigenvalue weighted by molar-refractivity contribution is 1.12. The van der Waals surface area contributed by atoms with Gasteiger partial charge in [-0.05, 0) is 95.1 Å². The highest BCUT2D eigenvalue weighted by Gasteiger charge is 2.10. The van der Waals surface area contributed by atoms with Crippen molar-refractivity contribution in [2.24, 2.45) is 0 Å². The van der Waals surface area contributed by atoms with Crippen molar-refractivity contribution in [3.05, 3.63) is 240 Å². The predicted molar refractivity (Wildman–Crippen MR) is 256 cm³/mol. The van der Waals surface area contributed by atoms with Gasteiger partial charge in [0.1, 0.15) is 0 Å². The van der Waals surface area contributed by atoms with Crippen LogP contribution < -0.4 is 0 Å². The van der Waals surface area contributed by atoms with Gasteiger partial charge in [-0.15, -0.1) is 0 Å². The molecule has 6 nitrogen and oxygen atoms in total. The zero-order valence-electron chi connectivity index (χ0n) is 33.8. The summed E-state index contributed by atoms with van der Waals surface area (Å²) in [5.41, 5.74) is 14.6. The molecule has 0 atom stereocenters. The molecule has 0 fully saturated rings. The Hall–Kier alpha value is -8.48. The largest absolute Gasteiger partial charge is 0.256 e. The summed E-state index contributed by atoms with van der Waals surface area (Å²) in [6.07, 6.45) is 23.7. The molecule has 0 saturated carbocycles. The maximum absolute atomic E-state index is 5.32. The van der Waals surface area contributed by atoms with E-state index in [1.165, 1.54) is 0 Å². The van der Waals surface area contributed by atoms with Gasteiger partial charge < -0.3 is 0 Å². The van der Waals surface area contributed by atoms with E-state index in [0.717, 1.165) is 67.3 Å². The fraction of sp³-hybridized carbons (Fsp3) is 0. The molecule has 6 heteroatoms. The molecule has 9 rings (SSSR count). The lowest BCUT2D eigenvalue weighted by atomic mass is 10.1. The molecule has 0 aliphatic heterocycles. The van der Waals surface area contributed by atoms with Crippen LogP contribution in [-0.4, -0.2) is 29.9 Å². The first-order valence-corrected chi connectivity index (χ1v) is 20.4. The Labute approximate surface area is 361 Å². The summed E-state index contributed by atoms with van der Waals surface area (Å²) in [5, 5.41) is 0. The topological polar surface area (TPSA) is 77.3 Å². The Morgan fingerprint density at radius 3 is 0.694 bits per heavy atom. The molecule has 0 N–H and O–H groups in total. The summed E-state index contributed by atoms with van der Waals surface area (Å²) in [4.78, 5) is 29.2. The van der Waals surface area contributed by atoms with Crippen molar-refractivity contribution >= 4 is 48.6 Å². The van der Waals surface area contributed by atoms with Gasteiger partial charge in [-0.2, -0.15) is 0 Å². The average Bonchev–Trinajstić information content (AvgIpc) is 3.35. The lowest BCUT2D eigenvalue weighted by Gasteiger charge is -2.08. The summed E-state index contributed by atoms with van der Waals surface area (Å²) in [6.45, 7) is 0. The van der Waals surface area contributed by atoms with E-state index in [1.54, 1.807) is 0 Å². The number of hydrogen-bond acceptors (Lipinski definition) is 6. The smallest absolute Gasteiger partial charge is 0.0894 e. The molecule has 0 aliphatic rings. The van der Waals surface area contributed by atoms with Crippen LogP contribution in [0.2, 0.25) is 0 Å². The van der Waals surface area contributed by atoms with Crippen LogP contribution >= 0.6 is 0 Å².